The molecule has 31 heavy (non-hydrogen) atoms. The summed E-state index contributed by atoms with van der Waals surface area (Å²) in [7, 11) is 0. The number of carbonyl (C=O) groups excluding carboxylic acids is 3. The zero-order valence-electron chi connectivity index (χ0n) is 16.9. The Hall–Kier alpha value is -3.94. The number of nitrogens with two attached hydrogens (primary N) is 1. The third-order valence-corrected chi connectivity index (χ3v) is 5.24. The first-order chi connectivity index (χ1) is 15.0. The molecule has 0 bridgehead atoms. The van der Waals surface area contributed by atoms with Crippen LogP contribution in [0.3, 0.4) is 0 Å². The van der Waals surface area contributed by atoms with Crippen molar-refractivity contribution in [2.45, 2.75) is 25.8 Å². The first-order valence-corrected chi connectivity index (χ1v) is 10.1. The van der Waals surface area contributed by atoms with Crippen LogP contribution >= 0.6 is 0 Å². The minimum Gasteiger partial charge on any atom is -0.368 e. The summed E-state index contributed by atoms with van der Waals surface area (Å²) in [5.41, 5.74) is 9.82. The third-order valence-electron chi connectivity index (χ3n) is 5.24. The maximum absolute atomic E-state index is 12.9. The van der Waals surface area contributed by atoms with E-state index in [1.165, 1.54) is 0 Å². The van der Waals surface area contributed by atoms with Crippen molar-refractivity contribution >= 4 is 17.7 Å². The number of hydrogen-bond donors (Lipinski definition) is 3. The normalized spacial score (nSPS) is 12.3. The lowest BCUT2D eigenvalue weighted by Crippen LogP contribution is -2.33. The predicted octanol–water partition coefficient (Wildman–Crippen LogP) is 1.51. The molecule has 0 saturated heterocycles. The smallest absolute Gasteiger partial charge is 0.272 e. The Labute approximate surface area is 179 Å². The van der Waals surface area contributed by atoms with Gasteiger partial charge in [0.2, 0.25) is 5.91 Å². The predicted molar refractivity (Wildman–Crippen MR) is 115 cm³/mol. The van der Waals surface area contributed by atoms with Gasteiger partial charge in [0.25, 0.3) is 11.8 Å². The van der Waals surface area contributed by atoms with Gasteiger partial charge in [0.05, 0.1) is 12.2 Å². The number of para-hydroxylation sites is 1. The second kappa shape index (κ2) is 8.83. The molecule has 4 rings (SSSR count). The molecule has 0 fully saturated rings. The van der Waals surface area contributed by atoms with Crippen LogP contribution in [0.15, 0.2) is 54.6 Å². The molecule has 0 spiro atoms. The quantitative estimate of drug-likeness (QED) is 0.540. The number of fused-ring (bicyclic) bond motifs is 1. The van der Waals surface area contributed by atoms with Gasteiger partial charge in [0.1, 0.15) is 0 Å². The zero-order valence-corrected chi connectivity index (χ0v) is 16.9. The van der Waals surface area contributed by atoms with E-state index < -0.39 is 5.91 Å². The highest BCUT2D eigenvalue weighted by Crippen LogP contribution is 2.27. The van der Waals surface area contributed by atoms with Crippen LogP contribution in [0.2, 0.25) is 0 Å². The van der Waals surface area contributed by atoms with E-state index in [1.807, 2.05) is 35.0 Å². The van der Waals surface area contributed by atoms with E-state index >= 15 is 0 Å². The third kappa shape index (κ3) is 4.48. The minimum atomic E-state index is -0.603. The summed E-state index contributed by atoms with van der Waals surface area (Å²) in [6.07, 6.45) is 2.77. The number of amides is 3. The lowest BCUT2D eigenvalue weighted by Gasteiger charge is -2.07. The standard InChI is InChI=1S/C23H23N5O3/c24-20(29)14-26-22(30)16-11-9-15(10-12-16)13-25-23(31)21-18-7-4-8-19(18)28(27-21)17-5-2-1-3-6-17/h1-3,5-6,9-12H,4,7-8,13-14H2,(H2,24,29)(H,25,31)(H,26,30). The molecule has 3 amide bonds. The molecule has 0 atom stereocenters. The van der Waals surface area contributed by atoms with Gasteiger partial charge in [-0.2, -0.15) is 5.10 Å². The van der Waals surface area contributed by atoms with Crippen LogP contribution in [-0.2, 0) is 24.2 Å². The van der Waals surface area contributed by atoms with Crippen LogP contribution in [0.1, 0.15) is 44.1 Å². The number of nitrogens with zero attached hydrogens (tertiary/aromatic N) is 2. The molecule has 1 aliphatic rings. The largest absolute Gasteiger partial charge is 0.368 e. The van der Waals surface area contributed by atoms with Crippen molar-refractivity contribution in [3.8, 4) is 5.69 Å². The Balaban J connectivity index is 1.43. The van der Waals surface area contributed by atoms with Crippen molar-refractivity contribution < 1.29 is 14.4 Å². The first kappa shape index (κ1) is 20.3. The van der Waals surface area contributed by atoms with Crippen molar-refractivity contribution in [2.24, 2.45) is 5.73 Å². The van der Waals surface area contributed by atoms with Crippen LogP contribution in [0.4, 0.5) is 0 Å². The van der Waals surface area contributed by atoms with Gasteiger partial charge >= 0.3 is 0 Å². The van der Waals surface area contributed by atoms with Gasteiger partial charge in [-0.15, -0.1) is 0 Å². The summed E-state index contributed by atoms with van der Waals surface area (Å²) in [6, 6.07) is 16.6. The van der Waals surface area contributed by atoms with Crippen molar-refractivity contribution in [2.75, 3.05) is 6.54 Å². The Morgan fingerprint density at radius 2 is 1.68 bits per heavy atom. The van der Waals surface area contributed by atoms with Crippen LogP contribution in [-0.4, -0.2) is 34.0 Å². The molecule has 0 saturated carbocycles. The molecule has 1 aromatic heterocycles. The topological polar surface area (TPSA) is 119 Å². The van der Waals surface area contributed by atoms with Crippen LogP contribution < -0.4 is 16.4 Å². The van der Waals surface area contributed by atoms with Crippen LogP contribution in [0.5, 0.6) is 0 Å². The lowest BCUT2D eigenvalue weighted by atomic mass is 10.1. The summed E-state index contributed by atoms with van der Waals surface area (Å²) in [4.78, 5) is 35.6. The lowest BCUT2D eigenvalue weighted by molar-refractivity contribution is -0.117. The summed E-state index contributed by atoms with van der Waals surface area (Å²) in [5, 5.41) is 9.96. The molecular formula is C23H23N5O3. The van der Waals surface area contributed by atoms with Gasteiger partial charge in [-0.1, -0.05) is 30.3 Å². The zero-order chi connectivity index (χ0) is 21.8. The molecule has 1 heterocycles. The van der Waals surface area contributed by atoms with Crippen molar-refractivity contribution in [3.63, 3.8) is 0 Å². The van der Waals surface area contributed by atoms with Gasteiger partial charge in [-0.05, 0) is 49.1 Å². The highest BCUT2D eigenvalue weighted by Gasteiger charge is 2.26. The van der Waals surface area contributed by atoms with E-state index in [0.717, 1.165) is 41.8 Å². The second-order valence-electron chi connectivity index (χ2n) is 7.40. The molecule has 1 aliphatic carbocycles. The number of nitrogens with one attached hydrogen (secondary N) is 2. The Bertz CT molecular complexity index is 1120. The van der Waals surface area contributed by atoms with E-state index in [-0.39, 0.29) is 18.4 Å². The fourth-order valence-electron chi connectivity index (χ4n) is 3.71. The van der Waals surface area contributed by atoms with Crippen LogP contribution in [0.25, 0.3) is 5.69 Å². The highest BCUT2D eigenvalue weighted by molar-refractivity contribution is 5.96. The van der Waals surface area contributed by atoms with E-state index in [2.05, 4.69) is 15.7 Å². The van der Waals surface area contributed by atoms with Gasteiger partial charge in [-0.25, -0.2) is 4.68 Å². The Morgan fingerprint density at radius 3 is 2.39 bits per heavy atom. The maximum Gasteiger partial charge on any atom is 0.272 e. The molecule has 4 N–H and O–H groups in total. The number of rotatable bonds is 7. The first-order valence-electron chi connectivity index (χ1n) is 10.1. The number of carbonyl (C=O) groups is 3. The van der Waals surface area contributed by atoms with Crippen LogP contribution in [0, 0.1) is 0 Å². The fraction of sp³-hybridized carbons (Fsp3) is 0.217. The molecule has 2 aromatic carbocycles. The summed E-state index contributed by atoms with van der Waals surface area (Å²) >= 11 is 0. The van der Waals surface area contributed by atoms with Crippen molar-refractivity contribution in [3.05, 3.63) is 82.7 Å². The number of primary amides is 1. The fourth-order valence-corrected chi connectivity index (χ4v) is 3.71. The Morgan fingerprint density at radius 1 is 0.935 bits per heavy atom. The van der Waals surface area contributed by atoms with Gasteiger partial charge in [0.15, 0.2) is 5.69 Å². The van der Waals surface area contributed by atoms with Gasteiger partial charge < -0.3 is 16.4 Å². The number of aromatic nitrogens is 2. The SMILES string of the molecule is NC(=O)CNC(=O)c1ccc(CNC(=O)c2nn(-c3ccccc3)c3c2CCC3)cc1. The second-order valence-corrected chi connectivity index (χ2v) is 7.40. The Kier molecular flexibility index (Phi) is 5.79. The summed E-state index contributed by atoms with van der Waals surface area (Å²) in [5.74, 6) is -1.19. The van der Waals surface area contributed by atoms with Crippen molar-refractivity contribution in [1.29, 1.82) is 0 Å². The number of benzene rings is 2. The molecule has 158 valence electrons. The van der Waals surface area contributed by atoms with E-state index in [4.69, 9.17) is 5.73 Å². The van der Waals surface area contributed by atoms with Gasteiger partial charge in [-0.3, -0.25) is 14.4 Å². The van der Waals surface area contributed by atoms with Gasteiger partial charge in [0, 0.05) is 23.4 Å². The molecule has 3 aromatic rings. The summed E-state index contributed by atoms with van der Waals surface area (Å²) in [6.45, 7) is 0.103. The van der Waals surface area contributed by atoms with E-state index in [0.29, 0.717) is 17.8 Å². The highest BCUT2D eigenvalue weighted by atomic mass is 16.2. The van der Waals surface area contributed by atoms with Crippen molar-refractivity contribution in [1.82, 2.24) is 20.4 Å². The maximum atomic E-state index is 12.9. The van der Waals surface area contributed by atoms with E-state index in [9.17, 15) is 14.4 Å². The molecule has 8 nitrogen and oxygen atoms in total. The molecule has 0 unspecified atom stereocenters. The molecule has 0 radical (unpaired) electrons. The van der Waals surface area contributed by atoms with E-state index in [1.54, 1.807) is 24.3 Å². The molecule has 0 aliphatic heterocycles. The monoisotopic (exact) mass is 417 g/mol. The number of hydrogen-bond acceptors (Lipinski definition) is 4. The molecular weight excluding hydrogens is 394 g/mol. The molecule has 8 heteroatoms. The minimum absolute atomic E-state index is 0.212. The average Bonchev–Trinajstić information content (AvgIpc) is 3.39. The average molecular weight is 417 g/mol. The summed E-state index contributed by atoms with van der Waals surface area (Å²) < 4.78 is 1.87.